The van der Waals surface area contributed by atoms with Crippen molar-refractivity contribution in [3.05, 3.63) is 24.0 Å². The van der Waals surface area contributed by atoms with Gasteiger partial charge in [0.05, 0.1) is 11.0 Å². The number of nitrogens with one attached hydrogen (secondary N) is 1. The number of amides is 1. The van der Waals surface area contributed by atoms with Crippen LogP contribution in [0.15, 0.2) is 18.2 Å². The van der Waals surface area contributed by atoms with Crippen molar-refractivity contribution >= 4 is 22.6 Å². The summed E-state index contributed by atoms with van der Waals surface area (Å²) in [5.74, 6) is 1.00. The third-order valence-corrected chi connectivity index (χ3v) is 2.88. The van der Waals surface area contributed by atoms with Gasteiger partial charge in [-0.05, 0) is 18.2 Å². The van der Waals surface area contributed by atoms with Crippen LogP contribution in [0.5, 0.6) is 0 Å². The van der Waals surface area contributed by atoms with Gasteiger partial charge in [-0.2, -0.15) is 0 Å². The quantitative estimate of drug-likeness (QED) is 0.799. The van der Waals surface area contributed by atoms with Gasteiger partial charge in [-0.3, -0.25) is 4.79 Å². The molecule has 1 amide bonds. The number of aromatic nitrogens is 2. The largest absolute Gasteiger partial charge is 0.399 e. The maximum atomic E-state index is 10.9. The summed E-state index contributed by atoms with van der Waals surface area (Å²) >= 11 is 0. The zero-order valence-corrected chi connectivity index (χ0v) is 10.7. The number of hydrogen-bond acceptors (Lipinski definition) is 3. The molecular weight excluding hydrogens is 228 g/mol. The fraction of sp³-hybridized carbons (Fsp3) is 0.385. The number of nitrogens with zero attached hydrogens (tertiary/aromatic N) is 2. The lowest BCUT2D eigenvalue weighted by Gasteiger charge is -2.08. The van der Waals surface area contributed by atoms with Gasteiger partial charge in [-0.1, -0.05) is 6.92 Å². The molecule has 0 saturated heterocycles. The maximum absolute atomic E-state index is 10.9. The molecule has 96 valence electrons. The third-order valence-electron chi connectivity index (χ3n) is 2.88. The van der Waals surface area contributed by atoms with Crippen LogP contribution in [-0.4, -0.2) is 22.0 Å². The number of hydrogen-bond donors (Lipinski definition) is 2. The predicted molar refractivity (Wildman–Crippen MR) is 72.2 cm³/mol. The first kappa shape index (κ1) is 12.4. The average molecular weight is 246 g/mol. The molecule has 0 fully saturated rings. The van der Waals surface area contributed by atoms with Crippen molar-refractivity contribution in [3.8, 4) is 0 Å². The minimum atomic E-state index is -0.0123. The SMILES string of the molecule is CCc1nc2cc(N)ccc2n1CCNC(C)=O. The monoisotopic (exact) mass is 246 g/mol. The molecule has 2 aromatic rings. The van der Waals surface area contributed by atoms with Crippen LogP contribution in [0.3, 0.4) is 0 Å². The Morgan fingerprint density at radius 3 is 2.94 bits per heavy atom. The van der Waals surface area contributed by atoms with Gasteiger partial charge in [-0.15, -0.1) is 0 Å². The number of nitrogen functional groups attached to an aromatic ring is 1. The number of benzene rings is 1. The van der Waals surface area contributed by atoms with Crippen LogP contribution >= 0.6 is 0 Å². The van der Waals surface area contributed by atoms with Gasteiger partial charge in [0.15, 0.2) is 0 Å². The molecule has 0 aliphatic rings. The molecule has 18 heavy (non-hydrogen) atoms. The first-order valence-corrected chi connectivity index (χ1v) is 6.11. The summed E-state index contributed by atoms with van der Waals surface area (Å²) in [6, 6.07) is 5.73. The van der Waals surface area contributed by atoms with E-state index in [-0.39, 0.29) is 5.91 Å². The lowest BCUT2D eigenvalue weighted by atomic mass is 10.3. The fourth-order valence-corrected chi connectivity index (χ4v) is 2.06. The molecule has 1 aromatic heterocycles. The summed E-state index contributed by atoms with van der Waals surface area (Å²) in [6.07, 6.45) is 0.856. The minimum Gasteiger partial charge on any atom is -0.399 e. The molecule has 0 spiro atoms. The predicted octanol–water partition coefficient (Wildman–Crippen LogP) is 1.32. The Kier molecular flexibility index (Phi) is 3.50. The van der Waals surface area contributed by atoms with E-state index in [1.54, 1.807) is 0 Å². The van der Waals surface area contributed by atoms with Crippen molar-refractivity contribution in [2.24, 2.45) is 0 Å². The van der Waals surface area contributed by atoms with Gasteiger partial charge in [-0.25, -0.2) is 4.98 Å². The summed E-state index contributed by atoms with van der Waals surface area (Å²) < 4.78 is 2.13. The first-order chi connectivity index (χ1) is 8.61. The first-order valence-electron chi connectivity index (χ1n) is 6.11. The highest BCUT2D eigenvalue weighted by Crippen LogP contribution is 2.19. The van der Waals surface area contributed by atoms with Crippen LogP contribution in [0, 0.1) is 0 Å². The Balaban J connectivity index is 2.31. The molecule has 0 aliphatic carbocycles. The van der Waals surface area contributed by atoms with Crippen molar-refractivity contribution in [3.63, 3.8) is 0 Å². The number of aryl methyl sites for hydroxylation is 1. The third kappa shape index (κ3) is 2.45. The van der Waals surface area contributed by atoms with E-state index < -0.39 is 0 Å². The number of fused-ring (bicyclic) bond motifs is 1. The second kappa shape index (κ2) is 5.08. The Morgan fingerprint density at radius 1 is 1.50 bits per heavy atom. The summed E-state index contributed by atoms with van der Waals surface area (Å²) in [7, 11) is 0. The number of carbonyl (C=O) groups is 1. The summed E-state index contributed by atoms with van der Waals surface area (Å²) in [4.78, 5) is 15.4. The molecule has 3 N–H and O–H groups in total. The Morgan fingerprint density at radius 2 is 2.28 bits per heavy atom. The van der Waals surface area contributed by atoms with Crippen molar-refractivity contribution in [2.75, 3.05) is 12.3 Å². The molecule has 5 nitrogen and oxygen atoms in total. The molecule has 0 bridgehead atoms. The lowest BCUT2D eigenvalue weighted by Crippen LogP contribution is -2.25. The lowest BCUT2D eigenvalue weighted by molar-refractivity contribution is -0.118. The molecule has 0 unspecified atom stereocenters. The normalized spacial score (nSPS) is 10.8. The van der Waals surface area contributed by atoms with Crippen molar-refractivity contribution in [1.82, 2.24) is 14.9 Å². The number of nitrogens with two attached hydrogens (primary N) is 1. The standard InChI is InChI=1S/C13H18N4O/c1-3-13-16-11-8-10(14)4-5-12(11)17(13)7-6-15-9(2)18/h4-5,8H,3,6-7,14H2,1-2H3,(H,15,18). The molecular formula is C13H18N4O. The second-order valence-electron chi connectivity index (χ2n) is 4.26. The van der Waals surface area contributed by atoms with Crippen LogP contribution in [0.25, 0.3) is 11.0 Å². The highest BCUT2D eigenvalue weighted by molar-refractivity contribution is 5.79. The Bertz CT molecular complexity index is 574. The summed E-state index contributed by atoms with van der Waals surface area (Å²) in [5, 5.41) is 2.80. The Hall–Kier alpha value is -2.04. The van der Waals surface area contributed by atoms with E-state index in [9.17, 15) is 4.79 Å². The number of imidazole rings is 1. The Labute approximate surface area is 106 Å². The van der Waals surface area contributed by atoms with Crippen LogP contribution in [0.1, 0.15) is 19.7 Å². The smallest absolute Gasteiger partial charge is 0.216 e. The highest BCUT2D eigenvalue weighted by Gasteiger charge is 2.09. The molecule has 0 radical (unpaired) electrons. The van der Waals surface area contributed by atoms with E-state index in [4.69, 9.17) is 5.73 Å². The van der Waals surface area contributed by atoms with Gasteiger partial charge in [0, 0.05) is 32.1 Å². The maximum Gasteiger partial charge on any atom is 0.216 e. The van der Waals surface area contributed by atoms with E-state index in [1.807, 2.05) is 18.2 Å². The van der Waals surface area contributed by atoms with E-state index in [1.165, 1.54) is 6.92 Å². The van der Waals surface area contributed by atoms with Gasteiger partial charge < -0.3 is 15.6 Å². The van der Waals surface area contributed by atoms with E-state index in [0.29, 0.717) is 6.54 Å². The van der Waals surface area contributed by atoms with Crippen LogP contribution in [0.2, 0.25) is 0 Å². The van der Waals surface area contributed by atoms with Gasteiger partial charge >= 0.3 is 0 Å². The fourth-order valence-electron chi connectivity index (χ4n) is 2.06. The molecule has 1 aromatic carbocycles. The van der Waals surface area contributed by atoms with Crippen LogP contribution < -0.4 is 11.1 Å². The number of carbonyl (C=O) groups excluding carboxylic acids is 1. The van der Waals surface area contributed by atoms with Crippen LogP contribution in [-0.2, 0) is 17.8 Å². The van der Waals surface area contributed by atoms with E-state index in [0.717, 1.165) is 35.5 Å². The van der Waals surface area contributed by atoms with Crippen LogP contribution in [0.4, 0.5) is 5.69 Å². The summed E-state index contributed by atoms with van der Waals surface area (Å²) in [6.45, 7) is 4.92. The number of rotatable bonds is 4. The van der Waals surface area contributed by atoms with E-state index in [2.05, 4.69) is 21.8 Å². The topological polar surface area (TPSA) is 72.9 Å². The second-order valence-corrected chi connectivity index (χ2v) is 4.26. The minimum absolute atomic E-state index is 0.0123. The van der Waals surface area contributed by atoms with Crippen molar-refractivity contribution < 1.29 is 4.79 Å². The zero-order valence-electron chi connectivity index (χ0n) is 10.7. The van der Waals surface area contributed by atoms with Crippen molar-refractivity contribution in [1.29, 1.82) is 0 Å². The van der Waals surface area contributed by atoms with Gasteiger partial charge in [0.2, 0.25) is 5.91 Å². The molecule has 0 atom stereocenters. The molecule has 0 saturated carbocycles. The number of anilines is 1. The highest BCUT2D eigenvalue weighted by atomic mass is 16.1. The molecule has 1 heterocycles. The average Bonchev–Trinajstić information content (AvgIpc) is 2.66. The zero-order chi connectivity index (χ0) is 13.1. The summed E-state index contributed by atoms with van der Waals surface area (Å²) in [5.41, 5.74) is 8.45. The van der Waals surface area contributed by atoms with Gasteiger partial charge in [0.1, 0.15) is 5.82 Å². The van der Waals surface area contributed by atoms with E-state index >= 15 is 0 Å². The van der Waals surface area contributed by atoms with Crippen molar-refractivity contribution in [2.45, 2.75) is 26.8 Å². The molecule has 2 rings (SSSR count). The molecule has 5 heteroatoms. The van der Waals surface area contributed by atoms with Gasteiger partial charge in [0.25, 0.3) is 0 Å². The molecule has 0 aliphatic heterocycles.